The van der Waals surface area contributed by atoms with Gasteiger partial charge < -0.3 is 16.2 Å². The molecule has 2 heterocycles. The fraction of sp³-hybridized carbons (Fsp3) is 0.214. The molecule has 0 aliphatic rings. The molecule has 0 fully saturated rings. The number of aryl methyl sites for hydroxylation is 1. The molecule has 20 heavy (non-hydrogen) atoms. The normalized spacial score (nSPS) is 10.2. The Morgan fingerprint density at radius 2 is 2.20 bits per heavy atom. The minimum Gasteiger partial charge on any atom is -0.477 e. The number of nitrogens with two attached hydrogens (primary N) is 1. The maximum atomic E-state index is 10.9. The van der Waals surface area contributed by atoms with Gasteiger partial charge in [0.05, 0.1) is 17.9 Å². The highest BCUT2D eigenvalue weighted by Gasteiger charge is 2.09. The smallest absolute Gasteiger partial charge is 0.354 e. The average Bonchev–Trinajstić information content (AvgIpc) is 2.46. The molecule has 2 aromatic heterocycles. The maximum absolute atomic E-state index is 10.9. The molecule has 6 heteroatoms. The summed E-state index contributed by atoms with van der Waals surface area (Å²) in [7, 11) is 0. The lowest BCUT2D eigenvalue weighted by atomic mass is 10.1. The molecule has 104 valence electrons. The van der Waals surface area contributed by atoms with E-state index < -0.39 is 5.97 Å². The molecule has 2 aromatic rings. The Morgan fingerprint density at radius 1 is 1.40 bits per heavy atom. The summed E-state index contributed by atoms with van der Waals surface area (Å²) in [4.78, 5) is 19.2. The number of nitrogens with one attached hydrogen (secondary N) is 1. The lowest BCUT2D eigenvalue weighted by Gasteiger charge is -2.10. The van der Waals surface area contributed by atoms with Crippen LogP contribution in [0.5, 0.6) is 0 Å². The van der Waals surface area contributed by atoms with Gasteiger partial charge in [-0.3, -0.25) is 4.98 Å². The topological polar surface area (TPSA) is 101 Å². The third-order valence-electron chi connectivity index (χ3n) is 2.93. The Morgan fingerprint density at radius 3 is 2.90 bits per heavy atom. The van der Waals surface area contributed by atoms with Gasteiger partial charge in [-0.05, 0) is 30.2 Å². The fourth-order valence-electron chi connectivity index (χ4n) is 1.85. The Kier molecular flexibility index (Phi) is 4.14. The van der Waals surface area contributed by atoms with E-state index in [1.54, 1.807) is 6.20 Å². The van der Waals surface area contributed by atoms with Crippen LogP contribution in [-0.4, -0.2) is 21.0 Å². The summed E-state index contributed by atoms with van der Waals surface area (Å²) < 4.78 is 0. The number of nitrogens with zero attached hydrogens (tertiary/aromatic N) is 2. The van der Waals surface area contributed by atoms with Crippen molar-refractivity contribution >= 4 is 17.5 Å². The van der Waals surface area contributed by atoms with Crippen LogP contribution in [0.1, 0.15) is 28.7 Å². The van der Waals surface area contributed by atoms with E-state index in [4.69, 9.17) is 10.8 Å². The van der Waals surface area contributed by atoms with Crippen molar-refractivity contribution in [2.45, 2.75) is 19.9 Å². The van der Waals surface area contributed by atoms with Crippen molar-refractivity contribution in [2.24, 2.45) is 0 Å². The van der Waals surface area contributed by atoms with Crippen LogP contribution >= 0.6 is 0 Å². The number of carboxylic acid groups (broad SMARTS) is 1. The van der Waals surface area contributed by atoms with Crippen LogP contribution in [0.4, 0.5) is 11.5 Å². The zero-order valence-corrected chi connectivity index (χ0v) is 11.1. The van der Waals surface area contributed by atoms with Gasteiger partial charge in [0.25, 0.3) is 0 Å². The highest BCUT2D eigenvalue weighted by atomic mass is 16.4. The quantitative estimate of drug-likeness (QED) is 0.768. The number of hydrogen-bond acceptors (Lipinski definition) is 5. The second-order valence-electron chi connectivity index (χ2n) is 4.26. The Balaban J connectivity index is 2.18. The van der Waals surface area contributed by atoms with Crippen molar-refractivity contribution in [3.63, 3.8) is 0 Å². The molecule has 0 radical (unpaired) electrons. The summed E-state index contributed by atoms with van der Waals surface area (Å²) in [6, 6.07) is 6.80. The molecule has 0 amide bonds. The largest absolute Gasteiger partial charge is 0.477 e. The molecule has 0 saturated heterocycles. The molecule has 0 unspecified atom stereocenters. The van der Waals surface area contributed by atoms with E-state index in [2.05, 4.69) is 22.2 Å². The number of aromatic nitrogens is 2. The number of carbonyl (C=O) groups is 1. The van der Waals surface area contributed by atoms with Crippen molar-refractivity contribution in [2.75, 3.05) is 11.1 Å². The maximum Gasteiger partial charge on any atom is 0.354 e. The number of hydrogen-bond donors (Lipinski definition) is 3. The molecule has 0 bridgehead atoms. The van der Waals surface area contributed by atoms with Crippen LogP contribution in [0.25, 0.3) is 0 Å². The second-order valence-corrected chi connectivity index (χ2v) is 4.26. The van der Waals surface area contributed by atoms with E-state index in [0.29, 0.717) is 18.1 Å². The number of carboxylic acids is 1. The summed E-state index contributed by atoms with van der Waals surface area (Å²) in [6.07, 6.45) is 2.60. The van der Waals surface area contributed by atoms with Gasteiger partial charge in [-0.15, -0.1) is 0 Å². The van der Waals surface area contributed by atoms with E-state index in [1.165, 1.54) is 12.1 Å². The second kappa shape index (κ2) is 6.01. The third kappa shape index (κ3) is 3.03. The number of pyridine rings is 2. The fourth-order valence-corrected chi connectivity index (χ4v) is 1.85. The molecule has 0 aliphatic carbocycles. The first-order chi connectivity index (χ1) is 9.61. The van der Waals surface area contributed by atoms with E-state index in [9.17, 15) is 4.79 Å². The standard InChI is InChI=1S/C14H16N4O2/c1-2-9-4-3-7-16-12(9)8-17-13-10(15)5-6-11(18-13)14(19)20/h3-7H,2,8,15H2,1H3,(H,17,18)(H,19,20). The van der Waals surface area contributed by atoms with Crippen LogP contribution in [0.3, 0.4) is 0 Å². The van der Waals surface area contributed by atoms with E-state index >= 15 is 0 Å². The number of aromatic carboxylic acids is 1. The molecule has 0 spiro atoms. The monoisotopic (exact) mass is 272 g/mol. The van der Waals surface area contributed by atoms with Gasteiger partial charge in [0, 0.05) is 6.20 Å². The molecule has 0 aliphatic heterocycles. The predicted octanol–water partition coefficient (Wildman–Crippen LogP) is 1.93. The zero-order chi connectivity index (χ0) is 14.5. The Labute approximate surface area is 116 Å². The van der Waals surface area contributed by atoms with Crippen LogP contribution in [-0.2, 0) is 13.0 Å². The van der Waals surface area contributed by atoms with Gasteiger partial charge in [0.2, 0.25) is 0 Å². The molecular weight excluding hydrogens is 256 g/mol. The molecular formula is C14H16N4O2. The summed E-state index contributed by atoms with van der Waals surface area (Å²) >= 11 is 0. The molecule has 2 rings (SSSR count). The van der Waals surface area contributed by atoms with E-state index in [0.717, 1.165) is 17.7 Å². The van der Waals surface area contributed by atoms with Crippen molar-refractivity contribution in [3.05, 3.63) is 47.4 Å². The highest BCUT2D eigenvalue weighted by Crippen LogP contribution is 2.17. The zero-order valence-electron chi connectivity index (χ0n) is 11.1. The van der Waals surface area contributed by atoms with Crippen LogP contribution in [0.2, 0.25) is 0 Å². The van der Waals surface area contributed by atoms with Crippen molar-refractivity contribution in [3.8, 4) is 0 Å². The van der Waals surface area contributed by atoms with Crippen LogP contribution < -0.4 is 11.1 Å². The summed E-state index contributed by atoms with van der Waals surface area (Å²) in [5, 5.41) is 12.0. The van der Waals surface area contributed by atoms with Crippen LogP contribution in [0, 0.1) is 0 Å². The SMILES string of the molecule is CCc1cccnc1CNc1nc(C(=O)O)ccc1N. The molecule has 6 nitrogen and oxygen atoms in total. The van der Waals surface area contributed by atoms with Gasteiger partial charge in [-0.1, -0.05) is 13.0 Å². The molecule has 0 atom stereocenters. The van der Waals surface area contributed by atoms with Crippen molar-refractivity contribution in [1.82, 2.24) is 9.97 Å². The Bertz CT molecular complexity index is 628. The van der Waals surface area contributed by atoms with Gasteiger partial charge in [-0.25, -0.2) is 9.78 Å². The van der Waals surface area contributed by atoms with Gasteiger partial charge in [0.15, 0.2) is 11.5 Å². The Hall–Kier alpha value is -2.63. The van der Waals surface area contributed by atoms with Crippen LogP contribution in [0.15, 0.2) is 30.5 Å². The van der Waals surface area contributed by atoms with Gasteiger partial charge >= 0.3 is 5.97 Å². The third-order valence-corrected chi connectivity index (χ3v) is 2.93. The average molecular weight is 272 g/mol. The van der Waals surface area contributed by atoms with Crippen molar-refractivity contribution < 1.29 is 9.90 Å². The summed E-state index contributed by atoms with van der Waals surface area (Å²) in [5.41, 5.74) is 8.18. The lowest BCUT2D eigenvalue weighted by Crippen LogP contribution is -2.10. The van der Waals surface area contributed by atoms with E-state index in [-0.39, 0.29) is 5.69 Å². The molecule has 0 saturated carbocycles. The minimum absolute atomic E-state index is 0.0431. The first-order valence-corrected chi connectivity index (χ1v) is 6.28. The van der Waals surface area contributed by atoms with Gasteiger partial charge in [-0.2, -0.15) is 0 Å². The number of rotatable bonds is 5. The summed E-state index contributed by atoms with van der Waals surface area (Å²) in [5.74, 6) is -0.724. The molecule has 4 N–H and O–H groups in total. The predicted molar refractivity (Wildman–Crippen MR) is 76.6 cm³/mol. The van der Waals surface area contributed by atoms with Crippen molar-refractivity contribution in [1.29, 1.82) is 0 Å². The first kappa shape index (κ1) is 13.8. The number of nitrogen functional groups attached to an aromatic ring is 1. The van der Waals surface area contributed by atoms with Gasteiger partial charge in [0.1, 0.15) is 0 Å². The lowest BCUT2D eigenvalue weighted by molar-refractivity contribution is 0.0690. The molecule has 0 aromatic carbocycles. The number of anilines is 2. The van der Waals surface area contributed by atoms with E-state index in [1.807, 2.05) is 12.1 Å². The first-order valence-electron chi connectivity index (χ1n) is 6.28. The summed E-state index contributed by atoms with van der Waals surface area (Å²) in [6.45, 7) is 2.50. The minimum atomic E-state index is -1.08. The highest BCUT2D eigenvalue weighted by molar-refractivity contribution is 5.86.